The van der Waals surface area contributed by atoms with Crippen LogP contribution in [-0.4, -0.2) is 43.0 Å². The number of hydrogen-bond donors (Lipinski definition) is 1. The summed E-state index contributed by atoms with van der Waals surface area (Å²) in [7, 11) is 1.81. The predicted octanol–water partition coefficient (Wildman–Crippen LogP) is 2.73. The van der Waals surface area contributed by atoms with Crippen LogP contribution in [0.2, 0.25) is 0 Å². The Balaban J connectivity index is 1.38. The van der Waals surface area contributed by atoms with E-state index in [0.29, 0.717) is 18.2 Å². The Bertz CT molecular complexity index is 758. The van der Waals surface area contributed by atoms with Crippen molar-refractivity contribution < 1.29 is 4.79 Å². The first-order valence-corrected chi connectivity index (χ1v) is 9.91. The van der Waals surface area contributed by atoms with Crippen molar-refractivity contribution in [2.24, 2.45) is 5.92 Å². The zero-order chi connectivity index (χ0) is 17.9. The van der Waals surface area contributed by atoms with Crippen molar-refractivity contribution in [3.8, 4) is 0 Å². The first-order valence-electron chi connectivity index (χ1n) is 9.91. The lowest BCUT2D eigenvalue weighted by Crippen LogP contribution is -2.27. The van der Waals surface area contributed by atoms with Crippen LogP contribution in [0.25, 0.3) is 0 Å². The molecule has 4 rings (SSSR count). The van der Waals surface area contributed by atoms with Gasteiger partial charge in [0, 0.05) is 19.3 Å². The van der Waals surface area contributed by atoms with E-state index in [9.17, 15) is 4.79 Å². The van der Waals surface area contributed by atoms with Gasteiger partial charge in [-0.3, -0.25) is 14.6 Å². The molecule has 1 saturated carbocycles. The third-order valence-corrected chi connectivity index (χ3v) is 5.80. The molecule has 0 radical (unpaired) electrons. The van der Waals surface area contributed by atoms with Crippen molar-refractivity contribution in [1.82, 2.24) is 30.1 Å². The van der Waals surface area contributed by atoms with Gasteiger partial charge in [0.15, 0.2) is 5.69 Å². The van der Waals surface area contributed by atoms with Gasteiger partial charge in [0.05, 0.1) is 18.4 Å². The van der Waals surface area contributed by atoms with E-state index in [2.05, 4.69) is 20.5 Å². The summed E-state index contributed by atoms with van der Waals surface area (Å²) in [6.07, 6.45) is 12.8. The van der Waals surface area contributed by atoms with Gasteiger partial charge >= 0.3 is 0 Å². The smallest absolute Gasteiger partial charge is 0.276 e. The monoisotopic (exact) mass is 356 g/mol. The second-order valence-corrected chi connectivity index (χ2v) is 7.83. The van der Waals surface area contributed by atoms with E-state index < -0.39 is 0 Å². The highest BCUT2D eigenvalue weighted by Gasteiger charge is 2.22. The molecule has 7 heteroatoms. The molecule has 2 aromatic rings. The molecule has 2 aliphatic rings. The highest BCUT2D eigenvalue weighted by molar-refractivity contribution is 5.91. The normalized spacial score (nSPS) is 17.9. The number of aromatic nitrogens is 5. The lowest BCUT2D eigenvalue weighted by molar-refractivity contribution is 0.0777. The number of rotatable bonds is 5. The first kappa shape index (κ1) is 17.2. The van der Waals surface area contributed by atoms with Crippen LogP contribution >= 0.6 is 0 Å². The SMILES string of the molecule is CN(Cc1n[nH]c2c1CCCC2)C(=O)c1cn(CC2CCCCC2)nn1. The number of nitrogens with zero attached hydrogens (tertiary/aromatic N) is 5. The van der Waals surface area contributed by atoms with Crippen molar-refractivity contribution in [1.29, 1.82) is 0 Å². The number of H-pyrrole nitrogens is 1. The van der Waals surface area contributed by atoms with Crippen LogP contribution in [0.3, 0.4) is 0 Å². The molecule has 1 N–H and O–H groups in total. The number of carbonyl (C=O) groups excluding carboxylic acids is 1. The van der Waals surface area contributed by atoms with E-state index in [4.69, 9.17) is 0 Å². The van der Waals surface area contributed by atoms with E-state index >= 15 is 0 Å². The lowest BCUT2D eigenvalue weighted by atomic mass is 9.89. The molecule has 0 aliphatic heterocycles. The van der Waals surface area contributed by atoms with Crippen LogP contribution in [0.5, 0.6) is 0 Å². The molecule has 0 bridgehead atoms. The number of carbonyl (C=O) groups is 1. The van der Waals surface area contributed by atoms with Crippen LogP contribution in [0.4, 0.5) is 0 Å². The molecular weight excluding hydrogens is 328 g/mol. The molecule has 1 amide bonds. The Morgan fingerprint density at radius 3 is 2.88 bits per heavy atom. The molecular formula is C19H28N6O. The Hall–Kier alpha value is -2.18. The molecule has 2 aliphatic carbocycles. The standard InChI is InChI=1S/C19H28N6O/c1-24(12-17-15-9-5-6-10-16(15)20-21-17)19(26)18-13-25(23-22-18)11-14-7-3-2-4-8-14/h13-14H,2-12H2,1H3,(H,20,21). The van der Waals surface area contributed by atoms with Crippen LogP contribution in [0.1, 0.15) is 72.4 Å². The first-order chi connectivity index (χ1) is 12.7. The van der Waals surface area contributed by atoms with Crippen molar-refractivity contribution in [2.45, 2.75) is 70.9 Å². The molecule has 140 valence electrons. The zero-order valence-corrected chi connectivity index (χ0v) is 15.6. The number of amides is 1. The Labute approximate surface area is 154 Å². The summed E-state index contributed by atoms with van der Waals surface area (Å²) in [5.41, 5.74) is 3.96. The molecule has 0 unspecified atom stereocenters. The van der Waals surface area contributed by atoms with Gasteiger partial charge < -0.3 is 4.90 Å². The molecule has 0 atom stereocenters. The summed E-state index contributed by atoms with van der Waals surface area (Å²) < 4.78 is 1.84. The second-order valence-electron chi connectivity index (χ2n) is 7.83. The molecule has 26 heavy (non-hydrogen) atoms. The van der Waals surface area contributed by atoms with Gasteiger partial charge in [-0.05, 0) is 50.0 Å². The summed E-state index contributed by atoms with van der Waals surface area (Å²) in [4.78, 5) is 14.4. The van der Waals surface area contributed by atoms with E-state index in [1.807, 2.05) is 11.7 Å². The average molecular weight is 356 g/mol. The Kier molecular flexibility index (Phi) is 5.04. The average Bonchev–Trinajstić information content (AvgIpc) is 3.29. The zero-order valence-electron chi connectivity index (χ0n) is 15.6. The third-order valence-electron chi connectivity index (χ3n) is 5.80. The van der Waals surface area contributed by atoms with Gasteiger partial charge in [-0.15, -0.1) is 5.10 Å². The third kappa shape index (κ3) is 3.66. The molecule has 2 heterocycles. The summed E-state index contributed by atoms with van der Waals surface area (Å²) in [5.74, 6) is 0.578. The minimum absolute atomic E-state index is 0.0903. The minimum Gasteiger partial charge on any atom is -0.334 e. The lowest BCUT2D eigenvalue weighted by Gasteiger charge is -2.20. The van der Waals surface area contributed by atoms with Gasteiger partial charge in [-0.2, -0.15) is 5.10 Å². The number of hydrogen-bond acceptors (Lipinski definition) is 4. The van der Waals surface area contributed by atoms with Gasteiger partial charge in [0.25, 0.3) is 5.91 Å². The molecule has 0 spiro atoms. The fraction of sp³-hybridized carbons (Fsp3) is 0.684. The molecule has 2 aromatic heterocycles. The van der Waals surface area contributed by atoms with Crippen molar-refractivity contribution in [2.75, 3.05) is 7.05 Å². The highest BCUT2D eigenvalue weighted by Crippen LogP contribution is 2.25. The number of aryl methyl sites for hydroxylation is 1. The van der Waals surface area contributed by atoms with Crippen molar-refractivity contribution >= 4 is 5.91 Å². The quantitative estimate of drug-likeness (QED) is 0.893. The van der Waals surface area contributed by atoms with E-state index in [-0.39, 0.29) is 5.91 Å². The molecule has 1 fully saturated rings. The topological polar surface area (TPSA) is 79.7 Å². The molecule has 7 nitrogen and oxygen atoms in total. The summed E-state index contributed by atoms with van der Waals surface area (Å²) >= 11 is 0. The van der Waals surface area contributed by atoms with Crippen LogP contribution < -0.4 is 0 Å². The van der Waals surface area contributed by atoms with E-state index in [1.54, 1.807) is 11.1 Å². The van der Waals surface area contributed by atoms with Gasteiger partial charge in [0.1, 0.15) is 0 Å². The fourth-order valence-corrected chi connectivity index (χ4v) is 4.29. The summed E-state index contributed by atoms with van der Waals surface area (Å²) in [6, 6.07) is 0. The predicted molar refractivity (Wildman–Crippen MR) is 97.6 cm³/mol. The second kappa shape index (κ2) is 7.60. The van der Waals surface area contributed by atoms with Gasteiger partial charge in [0.2, 0.25) is 0 Å². The van der Waals surface area contributed by atoms with E-state index in [1.165, 1.54) is 56.2 Å². The largest absolute Gasteiger partial charge is 0.334 e. The maximum absolute atomic E-state index is 12.7. The maximum Gasteiger partial charge on any atom is 0.276 e. The van der Waals surface area contributed by atoms with Gasteiger partial charge in [-0.1, -0.05) is 24.5 Å². The van der Waals surface area contributed by atoms with Crippen LogP contribution in [0, 0.1) is 5.92 Å². The van der Waals surface area contributed by atoms with Crippen LogP contribution in [0.15, 0.2) is 6.20 Å². The van der Waals surface area contributed by atoms with Crippen LogP contribution in [-0.2, 0) is 25.9 Å². The molecule has 0 aromatic carbocycles. The Morgan fingerprint density at radius 2 is 2.04 bits per heavy atom. The summed E-state index contributed by atoms with van der Waals surface area (Å²) in [5, 5.41) is 15.9. The summed E-state index contributed by atoms with van der Waals surface area (Å²) in [6.45, 7) is 1.39. The maximum atomic E-state index is 12.7. The number of fused-ring (bicyclic) bond motifs is 1. The van der Waals surface area contributed by atoms with E-state index in [0.717, 1.165) is 25.1 Å². The fourth-order valence-electron chi connectivity index (χ4n) is 4.29. The van der Waals surface area contributed by atoms with Crippen molar-refractivity contribution in [3.63, 3.8) is 0 Å². The van der Waals surface area contributed by atoms with Crippen molar-refractivity contribution in [3.05, 3.63) is 28.8 Å². The highest BCUT2D eigenvalue weighted by atomic mass is 16.2. The minimum atomic E-state index is -0.0903. The molecule has 0 saturated heterocycles. The number of aromatic amines is 1. The number of nitrogens with one attached hydrogen (secondary N) is 1. The van der Waals surface area contributed by atoms with Gasteiger partial charge in [-0.25, -0.2) is 0 Å². The Morgan fingerprint density at radius 1 is 1.23 bits per heavy atom.